The zero-order chi connectivity index (χ0) is 15.6. The van der Waals surface area contributed by atoms with Crippen LogP contribution in [0.3, 0.4) is 0 Å². The van der Waals surface area contributed by atoms with Crippen LogP contribution in [-0.4, -0.2) is 25.3 Å². The Morgan fingerprint density at radius 3 is 2.05 bits per heavy atom. The summed E-state index contributed by atoms with van der Waals surface area (Å²) in [5.41, 5.74) is -0.742. The maximum absolute atomic E-state index is 14.1. The van der Waals surface area contributed by atoms with Crippen LogP contribution in [0, 0.1) is 11.6 Å². The van der Waals surface area contributed by atoms with Gasteiger partial charge in [0.15, 0.2) is 0 Å². The third-order valence-electron chi connectivity index (χ3n) is 2.98. The second kappa shape index (κ2) is 5.78. The molecule has 0 aliphatic rings. The fourth-order valence-electron chi connectivity index (χ4n) is 1.97. The molecule has 0 heterocycles. The van der Waals surface area contributed by atoms with Gasteiger partial charge in [-0.2, -0.15) is 0 Å². The number of carbonyl (C=O) groups is 1. The molecule has 0 fully saturated rings. The van der Waals surface area contributed by atoms with Gasteiger partial charge in [-0.3, -0.25) is 0 Å². The van der Waals surface area contributed by atoms with Crippen molar-refractivity contribution >= 4 is 5.97 Å². The monoisotopic (exact) mass is 294 g/mol. The highest BCUT2D eigenvalue weighted by Gasteiger charge is 2.20. The molecular weight excluding hydrogens is 282 g/mol. The van der Waals surface area contributed by atoms with Gasteiger partial charge in [-0.25, -0.2) is 13.6 Å². The summed E-state index contributed by atoms with van der Waals surface area (Å²) in [6.45, 7) is 0. The second-order valence-electron chi connectivity index (χ2n) is 4.18. The number of rotatable bonds is 4. The Balaban J connectivity index is 2.70. The largest absolute Gasteiger partial charge is 0.497 e. The van der Waals surface area contributed by atoms with Gasteiger partial charge in [-0.15, -0.1) is 0 Å². The average Bonchev–Trinajstić information content (AvgIpc) is 2.46. The molecule has 2 rings (SSSR count). The Bertz CT molecular complexity index is 675. The van der Waals surface area contributed by atoms with E-state index in [4.69, 9.17) is 9.47 Å². The van der Waals surface area contributed by atoms with Gasteiger partial charge in [-0.1, -0.05) is 0 Å². The lowest BCUT2D eigenvalue weighted by Gasteiger charge is -2.11. The third kappa shape index (κ3) is 2.79. The smallest absolute Gasteiger partial charge is 0.336 e. The van der Waals surface area contributed by atoms with E-state index in [2.05, 4.69) is 0 Å². The number of halogens is 2. The predicted octanol–water partition coefficient (Wildman–Crippen LogP) is 3.35. The quantitative estimate of drug-likeness (QED) is 0.939. The topological polar surface area (TPSA) is 55.8 Å². The first-order valence-corrected chi connectivity index (χ1v) is 5.92. The van der Waals surface area contributed by atoms with Gasteiger partial charge in [0.2, 0.25) is 0 Å². The number of aromatic carboxylic acids is 1. The fourth-order valence-corrected chi connectivity index (χ4v) is 1.97. The van der Waals surface area contributed by atoms with Gasteiger partial charge in [-0.05, 0) is 18.2 Å². The Labute approximate surface area is 119 Å². The first kappa shape index (κ1) is 14.8. The van der Waals surface area contributed by atoms with Crippen LogP contribution in [0.5, 0.6) is 11.5 Å². The Hall–Kier alpha value is -2.63. The highest BCUT2D eigenvalue weighted by atomic mass is 19.1. The molecule has 0 unspecified atom stereocenters. The molecule has 2 aromatic carbocycles. The van der Waals surface area contributed by atoms with E-state index in [1.807, 2.05) is 0 Å². The van der Waals surface area contributed by atoms with Crippen LogP contribution >= 0.6 is 0 Å². The molecule has 0 spiro atoms. The lowest BCUT2D eigenvalue weighted by atomic mass is 9.98. The molecule has 0 amide bonds. The van der Waals surface area contributed by atoms with Crippen LogP contribution < -0.4 is 9.47 Å². The van der Waals surface area contributed by atoms with Crippen molar-refractivity contribution < 1.29 is 28.2 Å². The maximum atomic E-state index is 14.1. The van der Waals surface area contributed by atoms with E-state index in [1.54, 1.807) is 0 Å². The normalized spacial score (nSPS) is 10.3. The van der Waals surface area contributed by atoms with Crippen molar-refractivity contribution in [3.8, 4) is 22.6 Å². The summed E-state index contributed by atoms with van der Waals surface area (Å²) < 4.78 is 37.8. The van der Waals surface area contributed by atoms with E-state index in [-0.39, 0.29) is 22.6 Å². The summed E-state index contributed by atoms with van der Waals surface area (Å²) in [5, 5.41) is 9.20. The minimum absolute atomic E-state index is 0.0131. The SMILES string of the molecule is COc1cc(F)c(-c2ccc(OC)cc2C(=O)O)c(F)c1. The molecular formula is C15H12F2O4. The highest BCUT2D eigenvalue weighted by Crippen LogP contribution is 2.33. The molecule has 0 saturated heterocycles. The molecule has 4 nitrogen and oxygen atoms in total. The van der Waals surface area contributed by atoms with Gasteiger partial charge >= 0.3 is 5.97 Å². The molecule has 6 heteroatoms. The molecule has 110 valence electrons. The van der Waals surface area contributed by atoms with Crippen LogP contribution in [-0.2, 0) is 0 Å². The summed E-state index contributed by atoms with van der Waals surface area (Å²) in [4.78, 5) is 11.3. The summed E-state index contributed by atoms with van der Waals surface area (Å²) in [6.07, 6.45) is 0. The van der Waals surface area contributed by atoms with Crippen molar-refractivity contribution in [2.45, 2.75) is 0 Å². The van der Waals surface area contributed by atoms with Crippen molar-refractivity contribution in [3.63, 3.8) is 0 Å². The van der Waals surface area contributed by atoms with Gasteiger partial charge in [0.1, 0.15) is 23.1 Å². The van der Waals surface area contributed by atoms with Crippen molar-refractivity contribution in [1.82, 2.24) is 0 Å². The van der Waals surface area contributed by atoms with Crippen molar-refractivity contribution in [2.75, 3.05) is 14.2 Å². The number of benzene rings is 2. The first-order chi connectivity index (χ1) is 9.97. The van der Waals surface area contributed by atoms with Gasteiger partial charge < -0.3 is 14.6 Å². The number of carboxylic acid groups (broad SMARTS) is 1. The van der Waals surface area contributed by atoms with Crippen LogP contribution in [0.15, 0.2) is 30.3 Å². The molecule has 1 N–H and O–H groups in total. The van der Waals surface area contributed by atoms with Crippen molar-refractivity contribution in [3.05, 3.63) is 47.5 Å². The molecule has 0 saturated carbocycles. The van der Waals surface area contributed by atoms with E-state index in [9.17, 15) is 18.7 Å². The van der Waals surface area contributed by atoms with Crippen LogP contribution in [0.25, 0.3) is 11.1 Å². The maximum Gasteiger partial charge on any atom is 0.336 e. The second-order valence-corrected chi connectivity index (χ2v) is 4.18. The standard InChI is InChI=1S/C15H12F2O4/c1-20-8-3-4-10(11(5-8)15(18)19)14-12(16)6-9(21-2)7-13(14)17/h3-7H,1-2H3,(H,18,19). The molecule has 0 aliphatic heterocycles. The van der Waals surface area contributed by atoms with Crippen molar-refractivity contribution in [1.29, 1.82) is 0 Å². The lowest BCUT2D eigenvalue weighted by molar-refractivity contribution is 0.0697. The van der Waals surface area contributed by atoms with E-state index >= 15 is 0 Å². The number of carboxylic acids is 1. The molecule has 21 heavy (non-hydrogen) atoms. The molecule has 0 aromatic heterocycles. The molecule has 0 radical (unpaired) electrons. The van der Waals surface area contributed by atoms with Gasteiger partial charge in [0.05, 0.1) is 25.3 Å². The summed E-state index contributed by atoms with van der Waals surface area (Å²) >= 11 is 0. The van der Waals surface area contributed by atoms with Crippen LogP contribution in [0.1, 0.15) is 10.4 Å². The fraction of sp³-hybridized carbons (Fsp3) is 0.133. The summed E-state index contributed by atoms with van der Waals surface area (Å²) in [5.74, 6) is -2.82. The first-order valence-electron chi connectivity index (χ1n) is 5.92. The lowest BCUT2D eigenvalue weighted by Crippen LogP contribution is -2.03. The Kier molecular flexibility index (Phi) is 4.07. The number of hydrogen-bond acceptors (Lipinski definition) is 3. The molecule has 0 bridgehead atoms. The van der Waals surface area contributed by atoms with Gasteiger partial charge in [0.25, 0.3) is 0 Å². The number of methoxy groups -OCH3 is 2. The average molecular weight is 294 g/mol. The molecule has 0 aliphatic carbocycles. The zero-order valence-electron chi connectivity index (χ0n) is 11.3. The predicted molar refractivity (Wildman–Crippen MR) is 71.9 cm³/mol. The number of ether oxygens (including phenoxy) is 2. The minimum Gasteiger partial charge on any atom is -0.497 e. The van der Waals surface area contributed by atoms with Crippen molar-refractivity contribution in [2.24, 2.45) is 0 Å². The van der Waals surface area contributed by atoms with Crippen LogP contribution in [0.2, 0.25) is 0 Å². The zero-order valence-corrected chi connectivity index (χ0v) is 11.3. The van der Waals surface area contributed by atoms with E-state index in [0.29, 0.717) is 0 Å². The minimum atomic E-state index is -1.31. The highest BCUT2D eigenvalue weighted by molar-refractivity contribution is 5.96. The third-order valence-corrected chi connectivity index (χ3v) is 2.98. The number of hydrogen-bond donors (Lipinski definition) is 1. The van der Waals surface area contributed by atoms with E-state index in [1.165, 1.54) is 32.4 Å². The summed E-state index contributed by atoms with van der Waals surface area (Å²) in [7, 11) is 2.65. The van der Waals surface area contributed by atoms with E-state index in [0.717, 1.165) is 12.1 Å². The van der Waals surface area contributed by atoms with Crippen LogP contribution in [0.4, 0.5) is 8.78 Å². The Morgan fingerprint density at radius 2 is 1.57 bits per heavy atom. The summed E-state index contributed by atoms with van der Waals surface area (Å²) in [6, 6.07) is 5.93. The molecule has 0 atom stereocenters. The van der Waals surface area contributed by atoms with Gasteiger partial charge in [0, 0.05) is 17.7 Å². The van der Waals surface area contributed by atoms with E-state index < -0.39 is 23.2 Å². The molecule has 2 aromatic rings. The Morgan fingerprint density at radius 1 is 1.00 bits per heavy atom.